The number of hydrogen-bond donors (Lipinski definition) is 1. The first-order valence-corrected chi connectivity index (χ1v) is 13.8. The first-order valence-electron chi connectivity index (χ1n) is 13.4. The van der Waals surface area contributed by atoms with Gasteiger partial charge in [0.25, 0.3) is 0 Å². The van der Waals surface area contributed by atoms with Gasteiger partial charge in [0.2, 0.25) is 5.60 Å². The third kappa shape index (κ3) is 7.11. The Morgan fingerprint density at radius 2 is 1.63 bits per heavy atom. The lowest BCUT2D eigenvalue weighted by atomic mass is 9.85. The number of hydrogen-bond acceptors (Lipinski definition) is 5. The summed E-state index contributed by atoms with van der Waals surface area (Å²) < 4.78 is 37.0. The maximum atomic E-state index is 13.3. The van der Waals surface area contributed by atoms with E-state index in [2.05, 4.69) is 0 Å². The summed E-state index contributed by atoms with van der Waals surface area (Å²) in [5, 5.41) is 10.5. The maximum absolute atomic E-state index is 13.3. The lowest BCUT2D eigenvalue weighted by Gasteiger charge is -2.35. The number of fused-ring (bicyclic) bond motifs is 1. The van der Waals surface area contributed by atoms with Crippen molar-refractivity contribution < 1.29 is 33.2 Å². The lowest BCUT2D eigenvalue weighted by Crippen LogP contribution is -2.49. The predicted molar refractivity (Wildman–Crippen MR) is 154 cm³/mol. The van der Waals surface area contributed by atoms with Gasteiger partial charge in [-0.25, -0.2) is 9.18 Å². The molecule has 0 aromatic heterocycles. The second-order valence-electron chi connectivity index (χ2n) is 10.0. The van der Waals surface area contributed by atoms with E-state index in [1.807, 2.05) is 43.3 Å². The van der Waals surface area contributed by atoms with Gasteiger partial charge in [0.15, 0.2) is 0 Å². The Hall–Kier alpha value is -4.23. The maximum Gasteiger partial charge on any atom is 0.348 e. The number of ether oxygens (including phenoxy) is 4. The summed E-state index contributed by atoms with van der Waals surface area (Å²) in [6, 6.07) is 24.3. The molecule has 1 aliphatic rings. The van der Waals surface area contributed by atoms with Gasteiger partial charge in [-0.1, -0.05) is 47.5 Å². The molecule has 1 aliphatic heterocycles. The molecule has 0 saturated carbocycles. The quantitative estimate of drug-likeness (QED) is 0.183. The first kappa shape index (κ1) is 28.3. The van der Waals surface area contributed by atoms with Crippen molar-refractivity contribution in [1.82, 2.24) is 0 Å². The van der Waals surface area contributed by atoms with Gasteiger partial charge < -0.3 is 24.1 Å². The topological polar surface area (TPSA) is 74.2 Å². The van der Waals surface area contributed by atoms with Crippen molar-refractivity contribution in [2.75, 3.05) is 13.2 Å². The van der Waals surface area contributed by atoms with Crippen LogP contribution in [0.2, 0.25) is 5.02 Å². The molecule has 6 nitrogen and oxygen atoms in total. The molecule has 5 rings (SSSR count). The van der Waals surface area contributed by atoms with Gasteiger partial charge in [0, 0.05) is 31.4 Å². The monoisotopic (exact) mass is 576 g/mol. The molecular formula is C33H30ClFO6. The average Bonchev–Trinajstić information content (AvgIpc) is 2.96. The molecule has 0 bridgehead atoms. The van der Waals surface area contributed by atoms with Gasteiger partial charge >= 0.3 is 5.97 Å². The summed E-state index contributed by atoms with van der Waals surface area (Å²) in [5.41, 5.74) is 1.33. The van der Waals surface area contributed by atoms with Crippen LogP contribution in [0.3, 0.4) is 0 Å². The van der Waals surface area contributed by atoms with Crippen molar-refractivity contribution in [2.24, 2.45) is 0 Å². The van der Waals surface area contributed by atoms with E-state index in [0.29, 0.717) is 66.1 Å². The molecule has 8 heteroatoms. The summed E-state index contributed by atoms with van der Waals surface area (Å²) in [5.74, 6) is 1.53. The molecular weight excluding hydrogens is 547 g/mol. The van der Waals surface area contributed by atoms with Crippen molar-refractivity contribution in [1.29, 1.82) is 0 Å². The third-order valence-electron chi connectivity index (χ3n) is 6.91. The summed E-state index contributed by atoms with van der Waals surface area (Å²) in [4.78, 5) is 12.3. The van der Waals surface area contributed by atoms with E-state index >= 15 is 0 Å². The number of carboxylic acid groups (broad SMARTS) is 1. The molecule has 4 aromatic rings. The van der Waals surface area contributed by atoms with Gasteiger partial charge in [0.05, 0.1) is 18.2 Å². The molecule has 4 aromatic carbocycles. The number of carboxylic acids is 1. The summed E-state index contributed by atoms with van der Waals surface area (Å²) in [6.07, 6.45) is 1.59. The Bertz CT molecular complexity index is 1510. The normalized spacial score (nSPS) is 15.9. The predicted octanol–water partition coefficient (Wildman–Crippen LogP) is 7.82. The minimum Gasteiger partial charge on any atom is -0.493 e. The zero-order valence-electron chi connectivity index (χ0n) is 22.6. The van der Waals surface area contributed by atoms with Crippen LogP contribution in [0.4, 0.5) is 4.39 Å². The molecule has 212 valence electrons. The zero-order chi connectivity index (χ0) is 28.8. The first-order chi connectivity index (χ1) is 19.8. The molecule has 1 heterocycles. The van der Waals surface area contributed by atoms with Crippen molar-refractivity contribution in [3.8, 4) is 28.7 Å². The minimum absolute atomic E-state index is 0.131. The molecule has 0 saturated heterocycles. The van der Waals surface area contributed by atoms with Crippen LogP contribution in [0.25, 0.3) is 0 Å². The summed E-state index contributed by atoms with van der Waals surface area (Å²) in [6.45, 7) is 2.78. The zero-order valence-corrected chi connectivity index (χ0v) is 23.3. The van der Waals surface area contributed by atoms with E-state index in [1.54, 1.807) is 36.4 Å². The van der Waals surface area contributed by atoms with Crippen molar-refractivity contribution >= 4 is 17.6 Å². The van der Waals surface area contributed by atoms with Crippen molar-refractivity contribution in [3.05, 3.63) is 112 Å². The summed E-state index contributed by atoms with van der Waals surface area (Å²) in [7, 11) is 0. The molecule has 1 N–H and O–H groups in total. The fraction of sp³-hybridized carbons (Fsp3) is 0.242. The highest BCUT2D eigenvalue weighted by Crippen LogP contribution is 2.38. The third-order valence-corrected chi connectivity index (χ3v) is 7.21. The van der Waals surface area contributed by atoms with E-state index in [-0.39, 0.29) is 12.2 Å². The van der Waals surface area contributed by atoms with E-state index in [4.69, 9.17) is 30.5 Å². The number of benzene rings is 4. The Balaban J connectivity index is 1.13. The van der Waals surface area contributed by atoms with E-state index in [9.17, 15) is 14.3 Å². The lowest BCUT2D eigenvalue weighted by molar-refractivity contribution is -0.156. The summed E-state index contributed by atoms with van der Waals surface area (Å²) >= 11 is 6.39. The second kappa shape index (κ2) is 12.5. The Labute approximate surface area is 243 Å². The standard InChI is InChI=1S/C33H30ClFO6/c1-22-3-10-26(11-4-22)40-28-13-14-30(29(34)19-28)39-18-2-17-38-27-12-7-24-15-16-33(32(36)37,41-31(24)20-27)21-23-5-8-25(35)9-6-23/h3-14,19-20H,2,15-18,21H2,1H3,(H,36,37). The molecule has 0 spiro atoms. The van der Waals surface area contributed by atoms with E-state index in [0.717, 1.165) is 16.9 Å². The highest BCUT2D eigenvalue weighted by atomic mass is 35.5. The van der Waals surface area contributed by atoms with Crippen LogP contribution in [-0.4, -0.2) is 29.9 Å². The number of halogens is 2. The number of rotatable bonds is 11. The molecule has 1 atom stereocenters. The Kier molecular flexibility index (Phi) is 8.64. The second-order valence-corrected chi connectivity index (χ2v) is 10.4. The smallest absolute Gasteiger partial charge is 0.348 e. The number of carbonyl (C=O) groups is 1. The van der Waals surface area contributed by atoms with Crippen molar-refractivity contribution in [3.63, 3.8) is 0 Å². The van der Waals surface area contributed by atoms with Gasteiger partial charge in [-0.2, -0.15) is 0 Å². The number of aryl methyl sites for hydroxylation is 2. The van der Waals surface area contributed by atoms with Gasteiger partial charge in [-0.15, -0.1) is 0 Å². The van der Waals surface area contributed by atoms with Crippen LogP contribution in [0.15, 0.2) is 84.9 Å². The van der Waals surface area contributed by atoms with Crippen LogP contribution in [0.1, 0.15) is 29.5 Å². The molecule has 0 fully saturated rings. The number of aliphatic carboxylic acids is 1. The van der Waals surface area contributed by atoms with Crippen LogP contribution in [-0.2, 0) is 17.6 Å². The van der Waals surface area contributed by atoms with Crippen LogP contribution in [0, 0.1) is 12.7 Å². The highest BCUT2D eigenvalue weighted by Gasteiger charge is 2.44. The molecule has 1 unspecified atom stereocenters. The van der Waals surface area contributed by atoms with Crippen molar-refractivity contribution in [2.45, 2.75) is 38.2 Å². The van der Waals surface area contributed by atoms with Crippen LogP contribution in [0.5, 0.6) is 28.7 Å². The SMILES string of the molecule is Cc1ccc(Oc2ccc(OCCCOc3ccc4c(c3)OC(Cc3ccc(F)cc3)(C(=O)O)CC4)c(Cl)c2)cc1. The molecule has 0 radical (unpaired) electrons. The average molecular weight is 577 g/mol. The van der Waals surface area contributed by atoms with Crippen LogP contribution >= 0.6 is 11.6 Å². The Morgan fingerprint density at radius 3 is 2.37 bits per heavy atom. The van der Waals surface area contributed by atoms with Gasteiger partial charge in [0.1, 0.15) is 34.6 Å². The van der Waals surface area contributed by atoms with E-state index in [1.165, 1.54) is 12.1 Å². The highest BCUT2D eigenvalue weighted by molar-refractivity contribution is 6.32. The Morgan fingerprint density at radius 1 is 0.927 bits per heavy atom. The van der Waals surface area contributed by atoms with Crippen LogP contribution < -0.4 is 18.9 Å². The molecule has 0 aliphatic carbocycles. The fourth-order valence-corrected chi connectivity index (χ4v) is 4.87. The fourth-order valence-electron chi connectivity index (χ4n) is 4.64. The largest absolute Gasteiger partial charge is 0.493 e. The van der Waals surface area contributed by atoms with E-state index < -0.39 is 11.6 Å². The van der Waals surface area contributed by atoms with Gasteiger partial charge in [-0.05, 0) is 66.9 Å². The minimum atomic E-state index is -1.43. The molecule has 41 heavy (non-hydrogen) atoms. The molecule has 0 amide bonds. The van der Waals surface area contributed by atoms with Gasteiger partial charge in [-0.3, -0.25) is 0 Å².